The van der Waals surface area contributed by atoms with Crippen LogP contribution in [0.2, 0.25) is 10.0 Å². The SMILES string of the molecule is CC(Oc1cc(C#CCNC(=O)N2CCN(C)CC2)cnc1N)c1c(Cl)ccc(F)c1Cl. The first-order valence-corrected chi connectivity index (χ1v) is 10.8. The highest BCUT2D eigenvalue weighted by Gasteiger charge is 2.20. The summed E-state index contributed by atoms with van der Waals surface area (Å²) in [4.78, 5) is 20.2. The number of rotatable bonds is 4. The van der Waals surface area contributed by atoms with Gasteiger partial charge in [0.25, 0.3) is 0 Å². The minimum absolute atomic E-state index is 0.108. The van der Waals surface area contributed by atoms with E-state index in [9.17, 15) is 9.18 Å². The highest BCUT2D eigenvalue weighted by molar-refractivity contribution is 6.36. The first kappa shape index (κ1) is 23.9. The number of benzene rings is 1. The normalized spacial score (nSPS) is 15.0. The minimum Gasteiger partial charge on any atom is -0.482 e. The average Bonchev–Trinajstić information content (AvgIpc) is 2.76. The molecule has 0 bridgehead atoms. The Kier molecular flexibility index (Phi) is 8.02. The van der Waals surface area contributed by atoms with E-state index in [0.717, 1.165) is 13.1 Å². The van der Waals surface area contributed by atoms with Crippen molar-refractivity contribution in [2.75, 3.05) is 45.5 Å². The Hall–Kier alpha value is -2.73. The molecule has 1 atom stereocenters. The number of hydrogen-bond acceptors (Lipinski definition) is 5. The van der Waals surface area contributed by atoms with Crippen LogP contribution in [0.4, 0.5) is 15.0 Å². The largest absolute Gasteiger partial charge is 0.482 e. The molecular weight excluding hydrogens is 456 g/mol. The van der Waals surface area contributed by atoms with Crippen LogP contribution in [0.15, 0.2) is 24.4 Å². The van der Waals surface area contributed by atoms with Gasteiger partial charge in [0.1, 0.15) is 11.9 Å². The van der Waals surface area contributed by atoms with Crippen molar-refractivity contribution in [2.24, 2.45) is 0 Å². The van der Waals surface area contributed by atoms with Crippen LogP contribution >= 0.6 is 23.2 Å². The summed E-state index contributed by atoms with van der Waals surface area (Å²) in [5, 5.41) is 2.96. The van der Waals surface area contributed by atoms with Crippen molar-refractivity contribution in [1.82, 2.24) is 20.1 Å². The lowest BCUT2D eigenvalue weighted by atomic mass is 10.1. The predicted molar refractivity (Wildman–Crippen MR) is 123 cm³/mol. The Bertz CT molecular complexity index is 1050. The standard InChI is InChI=1S/C22H24Cl2FN5O2/c1-14(19-16(23)5-6-17(25)20(19)24)32-18-12-15(13-28-21(18)26)4-3-7-27-22(31)30-10-8-29(2)9-11-30/h5-6,12-14H,7-11H2,1-2H3,(H2,26,28)(H,27,31). The van der Waals surface area contributed by atoms with E-state index in [4.69, 9.17) is 33.7 Å². The molecule has 0 spiro atoms. The second-order valence-corrected chi connectivity index (χ2v) is 8.16. The van der Waals surface area contributed by atoms with Gasteiger partial charge in [0.05, 0.1) is 11.6 Å². The van der Waals surface area contributed by atoms with Gasteiger partial charge in [-0.3, -0.25) is 0 Å². The first-order chi connectivity index (χ1) is 15.3. The molecule has 1 aliphatic heterocycles. The van der Waals surface area contributed by atoms with Crippen LogP contribution in [0.1, 0.15) is 24.2 Å². The summed E-state index contributed by atoms with van der Waals surface area (Å²) < 4.78 is 19.7. The van der Waals surface area contributed by atoms with Gasteiger partial charge < -0.3 is 25.6 Å². The number of hydrogen-bond donors (Lipinski definition) is 2. The van der Waals surface area contributed by atoms with Gasteiger partial charge in [0.15, 0.2) is 11.6 Å². The maximum Gasteiger partial charge on any atom is 0.318 e. The number of likely N-dealkylation sites (N-methyl/N-ethyl adjacent to an activating group) is 1. The molecule has 2 heterocycles. The Morgan fingerprint density at radius 2 is 2.06 bits per heavy atom. The molecular formula is C22H24Cl2FN5O2. The predicted octanol–water partition coefficient (Wildman–Crippen LogP) is 3.56. The maximum atomic E-state index is 13.8. The Balaban J connectivity index is 1.63. The molecule has 3 rings (SSSR count). The molecule has 0 radical (unpaired) electrons. The fraction of sp³-hybridized carbons (Fsp3) is 0.364. The fourth-order valence-electron chi connectivity index (χ4n) is 3.17. The van der Waals surface area contributed by atoms with Gasteiger partial charge in [0, 0.05) is 54.6 Å². The van der Waals surface area contributed by atoms with Crippen molar-refractivity contribution in [3.05, 3.63) is 51.4 Å². The van der Waals surface area contributed by atoms with E-state index in [-0.39, 0.29) is 34.2 Å². The molecule has 3 N–H and O–H groups in total. The third-order valence-electron chi connectivity index (χ3n) is 5.02. The van der Waals surface area contributed by atoms with Crippen LogP contribution in [0.3, 0.4) is 0 Å². The number of piperazine rings is 1. The molecule has 170 valence electrons. The molecule has 2 aromatic rings. The molecule has 0 saturated carbocycles. The summed E-state index contributed by atoms with van der Waals surface area (Å²) in [5.41, 5.74) is 6.78. The van der Waals surface area contributed by atoms with Gasteiger partial charge in [0.2, 0.25) is 0 Å². The summed E-state index contributed by atoms with van der Waals surface area (Å²) >= 11 is 12.2. The zero-order valence-corrected chi connectivity index (χ0v) is 19.3. The molecule has 0 aliphatic carbocycles. The van der Waals surface area contributed by atoms with Crippen LogP contribution < -0.4 is 15.8 Å². The lowest BCUT2D eigenvalue weighted by molar-refractivity contribution is 0.155. The quantitative estimate of drug-likeness (QED) is 0.517. The van der Waals surface area contributed by atoms with Crippen LogP contribution in [-0.2, 0) is 0 Å². The second-order valence-electron chi connectivity index (χ2n) is 7.38. The minimum atomic E-state index is -0.680. The Morgan fingerprint density at radius 1 is 1.34 bits per heavy atom. The zero-order chi connectivity index (χ0) is 23.3. The molecule has 7 nitrogen and oxygen atoms in total. The van der Waals surface area contributed by atoms with E-state index < -0.39 is 11.9 Å². The molecule has 1 unspecified atom stereocenters. The number of carbonyl (C=O) groups excluding carboxylic acids is 1. The van der Waals surface area contributed by atoms with Crippen molar-refractivity contribution in [3.63, 3.8) is 0 Å². The molecule has 1 aromatic carbocycles. The van der Waals surface area contributed by atoms with Gasteiger partial charge in [-0.1, -0.05) is 35.0 Å². The lowest BCUT2D eigenvalue weighted by Crippen LogP contribution is -2.50. The highest BCUT2D eigenvalue weighted by atomic mass is 35.5. The maximum absolute atomic E-state index is 13.8. The van der Waals surface area contributed by atoms with Crippen LogP contribution in [0.25, 0.3) is 0 Å². The summed E-state index contributed by atoms with van der Waals surface area (Å²) in [5.74, 6) is 5.63. The van der Waals surface area contributed by atoms with E-state index in [2.05, 4.69) is 27.0 Å². The highest BCUT2D eigenvalue weighted by Crippen LogP contribution is 2.35. The van der Waals surface area contributed by atoms with Crippen molar-refractivity contribution < 1.29 is 13.9 Å². The van der Waals surface area contributed by atoms with Crippen molar-refractivity contribution >= 4 is 35.1 Å². The Labute approximate surface area is 196 Å². The van der Waals surface area contributed by atoms with E-state index >= 15 is 0 Å². The monoisotopic (exact) mass is 479 g/mol. The average molecular weight is 480 g/mol. The molecule has 1 fully saturated rings. The number of halogens is 3. The van der Waals surface area contributed by atoms with Gasteiger partial charge in [-0.05, 0) is 26.1 Å². The third-order valence-corrected chi connectivity index (χ3v) is 5.74. The number of anilines is 1. The molecule has 10 heteroatoms. The number of nitrogens with one attached hydrogen (secondary N) is 1. The van der Waals surface area contributed by atoms with Crippen molar-refractivity contribution in [3.8, 4) is 17.6 Å². The van der Waals surface area contributed by atoms with E-state index in [1.807, 2.05) is 7.05 Å². The van der Waals surface area contributed by atoms with Crippen LogP contribution in [0.5, 0.6) is 5.75 Å². The number of nitrogens with two attached hydrogens (primary N) is 1. The van der Waals surface area contributed by atoms with Gasteiger partial charge in [-0.25, -0.2) is 14.2 Å². The number of urea groups is 1. The number of aromatic nitrogens is 1. The number of ether oxygens (including phenoxy) is 1. The smallest absolute Gasteiger partial charge is 0.318 e. The number of carbonyl (C=O) groups is 1. The topological polar surface area (TPSA) is 83.7 Å². The molecule has 1 aromatic heterocycles. The number of amides is 2. The fourth-order valence-corrected chi connectivity index (χ4v) is 3.85. The molecule has 2 amide bonds. The zero-order valence-electron chi connectivity index (χ0n) is 17.8. The van der Waals surface area contributed by atoms with Crippen molar-refractivity contribution in [1.29, 1.82) is 0 Å². The number of nitrogen functional groups attached to an aromatic ring is 1. The van der Waals surface area contributed by atoms with Crippen LogP contribution in [-0.4, -0.2) is 60.6 Å². The van der Waals surface area contributed by atoms with Gasteiger partial charge in [-0.2, -0.15) is 0 Å². The number of nitrogens with zero attached hydrogens (tertiary/aromatic N) is 3. The van der Waals surface area contributed by atoms with E-state index in [0.29, 0.717) is 24.2 Å². The summed E-state index contributed by atoms with van der Waals surface area (Å²) in [6.07, 6.45) is 0.825. The Morgan fingerprint density at radius 3 is 2.78 bits per heavy atom. The summed E-state index contributed by atoms with van der Waals surface area (Å²) in [6.45, 7) is 4.95. The van der Waals surface area contributed by atoms with Gasteiger partial charge >= 0.3 is 6.03 Å². The second kappa shape index (κ2) is 10.7. The summed E-state index contributed by atoms with van der Waals surface area (Å²) in [7, 11) is 2.03. The molecule has 1 saturated heterocycles. The van der Waals surface area contributed by atoms with Gasteiger partial charge in [-0.15, -0.1) is 0 Å². The molecule has 1 aliphatic rings. The van der Waals surface area contributed by atoms with Crippen LogP contribution in [0, 0.1) is 17.7 Å². The number of pyridine rings is 1. The first-order valence-electron chi connectivity index (χ1n) is 10.0. The lowest BCUT2D eigenvalue weighted by Gasteiger charge is -2.32. The summed E-state index contributed by atoms with van der Waals surface area (Å²) in [6, 6.07) is 4.09. The van der Waals surface area contributed by atoms with E-state index in [1.165, 1.54) is 18.3 Å². The van der Waals surface area contributed by atoms with E-state index in [1.54, 1.807) is 17.9 Å². The third kappa shape index (κ3) is 5.94. The molecule has 32 heavy (non-hydrogen) atoms. The van der Waals surface area contributed by atoms with Crippen molar-refractivity contribution in [2.45, 2.75) is 13.0 Å².